The van der Waals surface area contributed by atoms with Gasteiger partial charge in [0.2, 0.25) is 0 Å². The van der Waals surface area contributed by atoms with Crippen LogP contribution in [0.5, 0.6) is 0 Å². The Morgan fingerprint density at radius 3 is 2.82 bits per heavy atom. The van der Waals surface area contributed by atoms with Crippen LogP contribution in [0.1, 0.15) is 12.5 Å². The van der Waals surface area contributed by atoms with E-state index in [0.29, 0.717) is 18.2 Å². The van der Waals surface area contributed by atoms with Crippen molar-refractivity contribution in [3.63, 3.8) is 0 Å². The summed E-state index contributed by atoms with van der Waals surface area (Å²) in [4.78, 5) is 2.22. The van der Waals surface area contributed by atoms with Gasteiger partial charge in [0.05, 0.1) is 12.5 Å². The molecule has 0 saturated heterocycles. The van der Waals surface area contributed by atoms with Crippen molar-refractivity contribution in [2.45, 2.75) is 19.4 Å². The van der Waals surface area contributed by atoms with Gasteiger partial charge < -0.3 is 10.6 Å². The highest BCUT2D eigenvalue weighted by Gasteiger charge is 2.10. The number of nitrogen functional groups attached to an aromatic ring is 1. The fraction of sp³-hybridized carbons (Fsp3) is 0.462. The maximum Gasteiger partial charge on any atom is 0.0670 e. The molecule has 2 N–H and O–H groups in total. The van der Waals surface area contributed by atoms with E-state index in [4.69, 9.17) is 11.0 Å². The Balaban J connectivity index is 2.91. The molecule has 1 aromatic carbocycles. The second kappa shape index (κ2) is 6.41. The van der Waals surface area contributed by atoms with Gasteiger partial charge in [0.15, 0.2) is 0 Å². The van der Waals surface area contributed by atoms with Crippen LogP contribution in [0.3, 0.4) is 0 Å². The molecule has 0 amide bonds. The number of rotatable bonds is 5. The van der Waals surface area contributed by atoms with Crippen molar-refractivity contribution in [1.29, 1.82) is 5.26 Å². The number of nitrogens with zero attached hydrogens (tertiary/aromatic N) is 2. The van der Waals surface area contributed by atoms with Gasteiger partial charge in [-0.1, -0.05) is 0 Å². The minimum Gasteiger partial charge on any atom is -0.398 e. The molecule has 0 radical (unpaired) electrons. The summed E-state index contributed by atoms with van der Waals surface area (Å²) in [5.74, 6) is 1.08. The number of nitrogens with two attached hydrogens (primary N) is 1. The van der Waals surface area contributed by atoms with Gasteiger partial charge in [0, 0.05) is 30.2 Å². The van der Waals surface area contributed by atoms with E-state index in [1.807, 2.05) is 30.0 Å². The second-order valence-corrected chi connectivity index (χ2v) is 5.04. The maximum absolute atomic E-state index is 8.74. The third-order valence-electron chi connectivity index (χ3n) is 2.87. The largest absolute Gasteiger partial charge is 0.398 e. The molecular formula is C13H19N3S. The molecule has 1 atom stereocenters. The Labute approximate surface area is 108 Å². The number of hydrogen-bond donors (Lipinski definition) is 1. The van der Waals surface area contributed by atoms with E-state index >= 15 is 0 Å². The summed E-state index contributed by atoms with van der Waals surface area (Å²) >= 11 is 1.83. The summed E-state index contributed by atoms with van der Waals surface area (Å²) in [5, 5.41) is 8.74. The molecule has 0 aliphatic heterocycles. The third-order valence-corrected chi connectivity index (χ3v) is 3.69. The number of benzene rings is 1. The molecule has 92 valence electrons. The lowest BCUT2D eigenvalue weighted by Crippen LogP contribution is -2.30. The van der Waals surface area contributed by atoms with Gasteiger partial charge in [-0.15, -0.1) is 0 Å². The molecule has 4 heteroatoms. The molecule has 1 aromatic rings. The van der Waals surface area contributed by atoms with Crippen molar-refractivity contribution in [2.24, 2.45) is 0 Å². The zero-order valence-electron chi connectivity index (χ0n) is 10.6. The van der Waals surface area contributed by atoms with E-state index in [-0.39, 0.29) is 0 Å². The Morgan fingerprint density at radius 2 is 2.24 bits per heavy atom. The number of anilines is 2. The van der Waals surface area contributed by atoms with Crippen LogP contribution in [0, 0.1) is 11.3 Å². The van der Waals surface area contributed by atoms with Gasteiger partial charge in [-0.3, -0.25) is 0 Å². The Hall–Kier alpha value is -1.34. The molecule has 0 spiro atoms. The van der Waals surface area contributed by atoms with Crippen LogP contribution in [0.2, 0.25) is 0 Å². The summed E-state index contributed by atoms with van der Waals surface area (Å²) in [6, 6.07) is 8.50. The van der Waals surface area contributed by atoms with Crippen LogP contribution in [-0.2, 0) is 6.42 Å². The normalized spacial score (nSPS) is 11.9. The summed E-state index contributed by atoms with van der Waals surface area (Å²) in [5.41, 5.74) is 8.56. The van der Waals surface area contributed by atoms with E-state index < -0.39 is 0 Å². The van der Waals surface area contributed by atoms with Crippen LogP contribution < -0.4 is 10.6 Å². The van der Waals surface area contributed by atoms with E-state index in [2.05, 4.69) is 31.2 Å². The summed E-state index contributed by atoms with van der Waals surface area (Å²) in [6.07, 6.45) is 2.47. The van der Waals surface area contributed by atoms with E-state index in [1.165, 1.54) is 0 Å². The average molecular weight is 249 g/mol. The quantitative estimate of drug-likeness (QED) is 0.815. The number of hydrogen-bond acceptors (Lipinski definition) is 4. The lowest BCUT2D eigenvalue weighted by molar-refractivity contribution is 0.765. The van der Waals surface area contributed by atoms with Crippen molar-refractivity contribution in [3.05, 3.63) is 23.8 Å². The van der Waals surface area contributed by atoms with Gasteiger partial charge >= 0.3 is 0 Å². The predicted molar refractivity (Wildman–Crippen MR) is 76.4 cm³/mol. The smallest absolute Gasteiger partial charge is 0.0670 e. The van der Waals surface area contributed by atoms with Crippen LogP contribution in [0.15, 0.2) is 18.2 Å². The SMILES string of the molecule is CSCC(C)N(C)c1ccc(N)c(CC#N)c1. The molecule has 0 bridgehead atoms. The fourth-order valence-corrected chi connectivity index (χ4v) is 2.36. The van der Waals surface area contributed by atoms with Gasteiger partial charge in [-0.05, 0) is 36.9 Å². The molecule has 0 aromatic heterocycles. The predicted octanol–water partition coefficient (Wildman–Crippen LogP) is 2.52. The average Bonchev–Trinajstić information content (AvgIpc) is 2.31. The Bertz CT molecular complexity index is 412. The van der Waals surface area contributed by atoms with Crippen molar-refractivity contribution in [1.82, 2.24) is 0 Å². The van der Waals surface area contributed by atoms with Crippen LogP contribution >= 0.6 is 11.8 Å². The molecule has 0 saturated carbocycles. The minimum atomic E-state index is 0.365. The molecule has 0 fully saturated rings. The number of thioether (sulfide) groups is 1. The first kappa shape index (κ1) is 13.7. The van der Waals surface area contributed by atoms with Crippen molar-refractivity contribution < 1.29 is 0 Å². The number of nitriles is 1. The molecule has 1 rings (SSSR count). The highest BCUT2D eigenvalue weighted by atomic mass is 32.2. The van der Waals surface area contributed by atoms with E-state index in [9.17, 15) is 0 Å². The lowest BCUT2D eigenvalue weighted by atomic mass is 10.1. The van der Waals surface area contributed by atoms with Gasteiger partial charge in [0.1, 0.15) is 0 Å². The van der Waals surface area contributed by atoms with Gasteiger partial charge in [-0.25, -0.2) is 0 Å². The van der Waals surface area contributed by atoms with Crippen molar-refractivity contribution >= 4 is 23.1 Å². The lowest BCUT2D eigenvalue weighted by Gasteiger charge is -2.27. The standard InChI is InChI=1S/C13H19N3S/c1-10(9-17-3)16(2)12-4-5-13(15)11(8-12)6-7-14/h4-5,8,10H,6,9,15H2,1-3H3. The van der Waals surface area contributed by atoms with E-state index in [0.717, 1.165) is 17.0 Å². The third kappa shape index (κ3) is 3.57. The summed E-state index contributed by atoms with van der Waals surface area (Å²) < 4.78 is 0. The first-order valence-corrected chi connectivity index (χ1v) is 6.96. The Kier molecular flexibility index (Phi) is 5.17. The molecule has 1 unspecified atom stereocenters. The van der Waals surface area contributed by atoms with Crippen molar-refractivity contribution in [3.8, 4) is 6.07 Å². The van der Waals surface area contributed by atoms with Gasteiger partial charge in [0.25, 0.3) is 0 Å². The molecular weight excluding hydrogens is 230 g/mol. The summed E-state index contributed by atoms with van der Waals surface area (Å²) in [7, 11) is 2.07. The minimum absolute atomic E-state index is 0.365. The fourth-order valence-electron chi connectivity index (χ4n) is 1.66. The maximum atomic E-state index is 8.74. The highest BCUT2D eigenvalue weighted by molar-refractivity contribution is 7.98. The van der Waals surface area contributed by atoms with Crippen LogP contribution in [-0.4, -0.2) is 25.1 Å². The topological polar surface area (TPSA) is 53.0 Å². The Morgan fingerprint density at radius 1 is 1.53 bits per heavy atom. The van der Waals surface area contributed by atoms with Crippen molar-refractivity contribution in [2.75, 3.05) is 29.7 Å². The summed E-state index contributed by atoms with van der Waals surface area (Å²) in [6.45, 7) is 2.19. The van der Waals surface area contributed by atoms with Crippen LogP contribution in [0.4, 0.5) is 11.4 Å². The first-order valence-electron chi connectivity index (χ1n) is 5.57. The highest BCUT2D eigenvalue weighted by Crippen LogP contribution is 2.23. The monoisotopic (exact) mass is 249 g/mol. The molecule has 0 heterocycles. The molecule has 0 aliphatic rings. The second-order valence-electron chi connectivity index (χ2n) is 4.13. The molecule has 0 aliphatic carbocycles. The van der Waals surface area contributed by atoms with Crippen LogP contribution in [0.25, 0.3) is 0 Å². The molecule has 17 heavy (non-hydrogen) atoms. The first-order chi connectivity index (χ1) is 8.10. The zero-order chi connectivity index (χ0) is 12.8. The zero-order valence-corrected chi connectivity index (χ0v) is 11.4. The van der Waals surface area contributed by atoms with Gasteiger partial charge in [-0.2, -0.15) is 17.0 Å². The molecule has 3 nitrogen and oxygen atoms in total. The van der Waals surface area contributed by atoms with E-state index in [1.54, 1.807) is 0 Å².